The summed E-state index contributed by atoms with van der Waals surface area (Å²) in [6.07, 6.45) is 4.85. The third-order valence-electron chi connectivity index (χ3n) is 4.28. The van der Waals surface area contributed by atoms with E-state index in [-0.39, 0.29) is 0 Å². The van der Waals surface area contributed by atoms with Crippen LogP contribution in [0.4, 0.5) is 0 Å². The molecule has 0 radical (unpaired) electrons. The van der Waals surface area contributed by atoms with Crippen molar-refractivity contribution in [3.8, 4) is 0 Å². The summed E-state index contributed by atoms with van der Waals surface area (Å²) < 4.78 is 7.90. The fourth-order valence-corrected chi connectivity index (χ4v) is 3.15. The Balaban J connectivity index is 1.83. The second-order valence-electron chi connectivity index (χ2n) is 5.59. The van der Waals surface area contributed by atoms with Gasteiger partial charge in [0.25, 0.3) is 0 Å². The summed E-state index contributed by atoms with van der Waals surface area (Å²) in [5.74, 6) is 0. The van der Waals surface area contributed by atoms with Crippen molar-refractivity contribution >= 4 is 10.9 Å². The van der Waals surface area contributed by atoms with Crippen molar-refractivity contribution in [1.82, 2.24) is 15.1 Å². The number of rotatable bonds is 4. The highest BCUT2D eigenvalue weighted by Gasteiger charge is 2.25. The van der Waals surface area contributed by atoms with Gasteiger partial charge in [-0.25, -0.2) is 0 Å². The molecule has 1 aromatic carbocycles. The molecule has 108 valence electrons. The number of hydrogen-bond acceptors (Lipinski definition) is 3. The van der Waals surface area contributed by atoms with E-state index < -0.39 is 0 Å². The maximum Gasteiger partial charge on any atom is 0.0731 e. The molecule has 0 aliphatic carbocycles. The lowest BCUT2D eigenvalue weighted by atomic mass is 9.97. The zero-order valence-electron chi connectivity index (χ0n) is 12.3. The molecule has 4 nitrogen and oxygen atoms in total. The minimum Gasteiger partial charge on any atom is -0.377 e. The van der Waals surface area contributed by atoms with E-state index in [1.165, 1.54) is 23.7 Å². The lowest BCUT2D eigenvalue weighted by Gasteiger charge is -2.30. The largest absolute Gasteiger partial charge is 0.377 e. The van der Waals surface area contributed by atoms with Crippen molar-refractivity contribution in [3.05, 3.63) is 30.0 Å². The molecule has 2 unspecified atom stereocenters. The molecule has 0 saturated carbocycles. The number of nitrogens with zero attached hydrogens (tertiary/aromatic N) is 2. The second-order valence-corrected chi connectivity index (χ2v) is 5.59. The number of nitrogens with one attached hydrogen (secondary N) is 1. The molecule has 20 heavy (non-hydrogen) atoms. The molecule has 0 bridgehead atoms. The molecule has 1 N–H and O–H groups in total. The van der Waals surface area contributed by atoms with E-state index in [2.05, 4.69) is 29.6 Å². The smallest absolute Gasteiger partial charge is 0.0731 e. The summed E-state index contributed by atoms with van der Waals surface area (Å²) >= 11 is 0. The Bertz CT molecular complexity index is 572. The topological polar surface area (TPSA) is 39.1 Å². The van der Waals surface area contributed by atoms with Gasteiger partial charge in [-0.05, 0) is 32.4 Å². The summed E-state index contributed by atoms with van der Waals surface area (Å²) in [6, 6.07) is 8.77. The third kappa shape index (κ3) is 2.58. The molecule has 1 fully saturated rings. The van der Waals surface area contributed by atoms with Crippen LogP contribution in [0.1, 0.15) is 25.0 Å². The van der Waals surface area contributed by atoms with Crippen molar-refractivity contribution < 1.29 is 4.74 Å². The molecule has 1 aromatic heterocycles. The highest BCUT2D eigenvalue weighted by atomic mass is 16.5. The first-order valence-electron chi connectivity index (χ1n) is 7.49. The van der Waals surface area contributed by atoms with Crippen LogP contribution in [0.15, 0.2) is 24.3 Å². The van der Waals surface area contributed by atoms with Gasteiger partial charge in [0.15, 0.2) is 0 Å². The molecule has 0 spiro atoms. The molecule has 2 atom stereocenters. The number of aryl methyl sites for hydroxylation is 1. The van der Waals surface area contributed by atoms with Crippen molar-refractivity contribution in [2.24, 2.45) is 7.05 Å². The predicted molar refractivity (Wildman–Crippen MR) is 80.9 cm³/mol. The van der Waals surface area contributed by atoms with Gasteiger partial charge in [-0.1, -0.05) is 18.2 Å². The van der Waals surface area contributed by atoms with Crippen LogP contribution in [0.5, 0.6) is 0 Å². The second kappa shape index (κ2) is 5.94. The normalized spacial score (nSPS) is 21.2. The van der Waals surface area contributed by atoms with Gasteiger partial charge < -0.3 is 10.1 Å². The number of benzene rings is 1. The van der Waals surface area contributed by atoms with E-state index >= 15 is 0 Å². The van der Waals surface area contributed by atoms with Gasteiger partial charge in [0, 0.05) is 31.5 Å². The first-order valence-corrected chi connectivity index (χ1v) is 7.49. The maximum atomic E-state index is 5.92. The molecule has 3 rings (SSSR count). The average Bonchev–Trinajstić information content (AvgIpc) is 2.82. The molecule has 2 heterocycles. The number of para-hydroxylation sites is 1. The molecule has 1 aliphatic rings. The maximum absolute atomic E-state index is 5.92. The van der Waals surface area contributed by atoms with Gasteiger partial charge in [-0.15, -0.1) is 0 Å². The van der Waals surface area contributed by atoms with E-state index in [1.54, 1.807) is 0 Å². The SMILES string of the molecule is CNC(Cc1nn(C)c2ccccc12)C1CCCCO1. The predicted octanol–water partition coefficient (Wildman–Crippen LogP) is 2.27. The zero-order chi connectivity index (χ0) is 13.9. The molecule has 1 aliphatic heterocycles. The molecular formula is C16H23N3O. The van der Waals surface area contributed by atoms with Crippen molar-refractivity contribution in [3.63, 3.8) is 0 Å². The van der Waals surface area contributed by atoms with Crippen LogP contribution in [0, 0.1) is 0 Å². The summed E-state index contributed by atoms with van der Waals surface area (Å²) in [7, 11) is 4.03. The van der Waals surface area contributed by atoms with E-state index in [4.69, 9.17) is 9.84 Å². The van der Waals surface area contributed by atoms with Crippen LogP contribution < -0.4 is 5.32 Å². The number of fused-ring (bicyclic) bond motifs is 1. The number of hydrogen-bond donors (Lipinski definition) is 1. The fraction of sp³-hybridized carbons (Fsp3) is 0.562. The highest BCUT2D eigenvalue weighted by molar-refractivity contribution is 5.81. The van der Waals surface area contributed by atoms with Crippen LogP contribution in [0.3, 0.4) is 0 Å². The van der Waals surface area contributed by atoms with E-state index in [0.717, 1.165) is 25.1 Å². The van der Waals surface area contributed by atoms with Crippen LogP contribution in [0.25, 0.3) is 10.9 Å². The highest BCUT2D eigenvalue weighted by Crippen LogP contribution is 2.22. The Morgan fingerprint density at radius 1 is 1.40 bits per heavy atom. The van der Waals surface area contributed by atoms with Crippen molar-refractivity contribution in [1.29, 1.82) is 0 Å². The molecule has 0 amide bonds. The average molecular weight is 273 g/mol. The van der Waals surface area contributed by atoms with Crippen molar-refractivity contribution in [2.45, 2.75) is 37.8 Å². The lowest BCUT2D eigenvalue weighted by Crippen LogP contribution is -2.42. The number of likely N-dealkylation sites (N-methyl/N-ethyl adjacent to an activating group) is 1. The van der Waals surface area contributed by atoms with Gasteiger partial charge in [-0.2, -0.15) is 5.10 Å². The van der Waals surface area contributed by atoms with Gasteiger partial charge in [0.05, 0.1) is 17.3 Å². The summed E-state index contributed by atoms with van der Waals surface area (Å²) in [4.78, 5) is 0. The Labute approximate surface area is 120 Å². The first-order chi connectivity index (χ1) is 9.79. The van der Waals surface area contributed by atoms with Crippen LogP contribution in [-0.4, -0.2) is 35.6 Å². The summed E-state index contributed by atoms with van der Waals surface area (Å²) in [5, 5.41) is 9.37. The van der Waals surface area contributed by atoms with Crippen LogP contribution in [-0.2, 0) is 18.2 Å². The van der Waals surface area contributed by atoms with Crippen molar-refractivity contribution in [2.75, 3.05) is 13.7 Å². The third-order valence-corrected chi connectivity index (χ3v) is 4.28. The fourth-order valence-electron chi connectivity index (χ4n) is 3.15. The number of aromatic nitrogens is 2. The number of ether oxygens (including phenoxy) is 1. The van der Waals surface area contributed by atoms with Gasteiger partial charge >= 0.3 is 0 Å². The van der Waals surface area contributed by atoms with E-state index in [9.17, 15) is 0 Å². The monoisotopic (exact) mass is 273 g/mol. The molecule has 4 heteroatoms. The van der Waals surface area contributed by atoms with E-state index in [1.807, 2.05) is 18.8 Å². The molecule has 2 aromatic rings. The minimum atomic E-state index is 0.314. The van der Waals surface area contributed by atoms with Gasteiger partial charge in [0.2, 0.25) is 0 Å². The lowest BCUT2D eigenvalue weighted by molar-refractivity contribution is -0.00601. The summed E-state index contributed by atoms with van der Waals surface area (Å²) in [6.45, 7) is 0.895. The van der Waals surface area contributed by atoms with Gasteiger partial charge in [0.1, 0.15) is 0 Å². The van der Waals surface area contributed by atoms with Gasteiger partial charge in [-0.3, -0.25) is 4.68 Å². The Kier molecular flexibility index (Phi) is 4.03. The van der Waals surface area contributed by atoms with E-state index in [0.29, 0.717) is 12.1 Å². The Morgan fingerprint density at radius 2 is 2.25 bits per heavy atom. The Morgan fingerprint density at radius 3 is 3.00 bits per heavy atom. The van der Waals surface area contributed by atoms with Crippen LogP contribution >= 0.6 is 0 Å². The molecule has 1 saturated heterocycles. The summed E-state index contributed by atoms with van der Waals surface area (Å²) in [5.41, 5.74) is 2.36. The quantitative estimate of drug-likeness (QED) is 0.929. The standard InChI is InChI=1S/C16H23N3O/c1-17-14(16-9-5-6-10-20-16)11-13-12-7-3-4-8-15(12)19(2)18-13/h3-4,7-8,14,16-17H,5-6,9-11H2,1-2H3. The first kappa shape index (κ1) is 13.6. The van der Waals surface area contributed by atoms with Crippen LogP contribution in [0.2, 0.25) is 0 Å². The zero-order valence-corrected chi connectivity index (χ0v) is 12.3. The molecular weight excluding hydrogens is 250 g/mol. The Hall–Kier alpha value is -1.39. The minimum absolute atomic E-state index is 0.314.